The van der Waals surface area contributed by atoms with Crippen molar-refractivity contribution in [1.29, 1.82) is 0 Å². The summed E-state index contributed by atoms with van der Waals surface area (Å²) in [7, 11) is 0. The van der Waals surface area contributed by atoms with Crippen molar-refractivity contribution >= 4 is 17.4 Å². The predicted octanol–water partition coefficient (Wildman–Crippen LogP) is 4.72. The highest BCUT2D eigenvalue weighted by Gasteiger charge is 2.36. The minimum absolute atomic E-state index is 0.163. The second-order valence-corrected chi connectivity index (χ2v) is 7.31. The number of halogens is 4. The fourth-order valence-corrected chi connectivity index (χ4v) is 3.24. The maximum atomic E-state index is 13.7. The molecule has 1 heterocycles. The number of hydrogen-bond acceptors (Lipinski definition) is 4. The number of ketones is 1. The number of nitrogens with one attached hydrogen (secondary N) is 1. The molecule has 3 aromatic rings. The first-order chi connectivity index (χ1) is 15.0. The number of alkyl halides is 3. The number of carbonyl (C=O) groups is 2. The topological polar surface area (TPSA) is 85.1 Å². The van der Waals surface area contributed by atoms with Crippen molar-refractivity contribution in [3.8, 4) is 11.3 Å². The molecule has 0 spiro atoms. The minimum atomic E-state index is -4.75. The number of aromatic nitrogens is 1. The number of Topliss-reactive ketones (excluding diaryl/α,β-unsaturated/α-hetero) is 1. The molecule has 0 aliphatic rings. The summed E-state index contributed by atoms with van der Waals surface area (Å²) in [5.74, 6) is -1.94. The molecule has 166 valence electrons. The summed E-state index contributed by atoms with van der Waals surface area (Å²) in [5.41, 5.74) is 5.10. The number of nitrogens with zero attached hydrogens (tertiary/aromatic N) is 1. The Kier molecular flexibility index (Phi) is 6.29. The Morgan fingerprint density at radius 2 is 1.59 bits per heavy atom. The van der Waals surface area contributed by atoms with Gasteiger partial charge in [0.25, 0.3) is 5.91 Å². The van der Waals surface area contributed by atoms with E-state index in [9.17, 15) is 27.2 Å². The van der Waals surface area contributed by atoms with Crippen molar-refractivity contribution in [1.82, 2.24) is 10.3 Å². The van der Waals surface area contributed by atoms with Gasteiger partial charge in [0.1, 0.15) is 5.82 Å². The van der Waals surface area contributed by atoms with Gasteiger partial charge in [-0.15, -0.1) is 0 Å². The molecule has 0 radical (unpaired) electrons. The lowest BCUT2D eigenvalue weighted by Crippen LogP contribution is -2.31. The standard InChI is InChI=1S/C23H19F4N3O2/c1-12-7-13(2)9-15(8-12)20-17(23(25,26)27)10-18(28)21(30-20)22(32)29-11-19(31)14-3-5-16(24)6-4-14/h3-10H,11,28H2,1-2H3,(H,29,32). The zero-order chi connectivity index (χ0) is 23.6. The zero-order valence-corrected chi connectivity index (χ0v) is 17.2. The molecule has 1 aromatic heterocycles. The van der Waals surface area contributed by atoms with Crippen LogP contribution in [0.2, 0.25) is 0 Å². The lowest BCUT2D eigenvalue weighted by Gasteiger charge is -2.16. The average molecular weight is 445 g/mol. The van der Waals surface area contributed by atoms with E-state index >= 15 is 0 Å². The largest absolute Gasteiger partial charge is 0.418 e. The van der Waals surface area contributed by atoms with E-state index in [1.807, 2.05) is 0 Å². The number of anilines is 1. The molecule has 9 heteroatoms. The van der Waals surface area contributed by atoms with E-state index in [4.69, 9.17) is 5.73 Å². The predicted molar refractivity (Wildman–Crippen MR) is 112 cm³/mol. The summed E-state index contributed by atoms with van der Waals surface area (Å²) < 4.78 is 53.9. The van der Waals surface area contributed by atoms with Gasteiger partial charge in [0, 0.05) is 11.1 Å². The monoisotopic (exact) mass is 445 g/mol. The average Bonchev–Trinajstić information content (AvgIpc) is 2.70. The third-order valence-corrected chi connectivity index (χ3v) is 4.64. The van der Waals surface area contributed by atoms with Crippen molar-refractivity contribution in [3.63, 3.8) is 0 Å². The number of pyridine rings is 1. The zero-order valence-electron chi connectivity index (χ0n) is 17.2. The van der Waals surface area contributed by atoms with E-state index in [-0.39, 0.29) is 11.1 Å². The van der Waals surface area contributed by atoms with Crippen LogP contribution < -0.4 is 11.1 Å². The van der Waals surface area contributed by atoms with Gasteiger partial charge in [0.15, 0.2) is 11.5 Å². The fraction of sp³-hybridized carbons (Fsp3) is 0.174. The minimum Gasteiger partial charge on any atom is -0.397 e. The molecular formula is C23H19F4N3O2. The molecule has 3 N–H and O–H groups in total. The number of rotatable bonds is 5. The molecule has 0 bridgehead atoms. The van der Waals surface area contributed by atoms with Crippen LogP contribution in [0.3, 0.4) is 0 Å². The first-order valence-corrected chi connectivity index (χ1v) is 9.49. The van der Waals surface area contributed by atoms with Crippen LogP contribution in [0, 0.1) is 19.7 Å². The number of aryl methyl sites for hydroxylation is 2. The molecule has 0 aliphatic carbocycles. The summed E-state index contributed by atoms with van der Waals surface area (Å²) in [4.78, 5) is 28.7. The third-order valence-electron chi connectivity index (χ3n) is 4.64. The number of amides is 1. The van der Waals surface area contributed by atoms with E-state index in [1.165, 1.54) is 24.3 Å². The molecule has 0 saturated heterocycles. The Labute approximate surface area is 181 Å². The van der Waals surface area contributed by atoms with Gasteiger partial charge in [-0.05, 0) is 56.3 Å². The molecule has 0 aliphatic heterocycles. The molecule has 32 heavy (non-hydrogen) atoms. The summed E-state index contributed by atoms with van der Waals surface area (Å²) in [5, 5.41) is 2.31. The van der Waals surface area contributed by atoms with Crippen molar-refractivity contribution in [2.24, 2.45) is 0 Å². The Hall–Kier alpha value is -3.75. The Balaban J connectivity index is 1.95. The second kappa shape index (κ2) is 8.78. The van der Waals surface area contributed by atoms with Gasteiger partial charge in [0.05, 0.1) is 23.5 Å². The van der Waals surface area contributed by atoms with Crippen LogP contribution in [-0.2, 0) is 6.18 Å². The highest BCUT2D eigenvalue weighted by molar-refractivity contribution is 6.03. The van der Waals surface area contributed by atoms with Gasteiger partial charge in [-0.3, -0.25) is 9.59 Å². The van der Waals surface area contributed by atoms with Gasteiger partial charge >= 0.3 is 6.18 Å². The van der Waals surface area contributed by atoms with Crippen LogP contribution in [0.25, 0.3) is 11.3 Å². The quantitative estimate of drug-likeness (QED) is 0.440. The van der Waals surface area contributed by atoms with Crippen LogP contribution in [-0.4, -0.2) is 23.2 Å². The summed E-state index contributed by atoms with van der Waals surface area (Å²) in [6, 6.07) is 10.2. The lowest BCUT2D eigenvalue weighted by molar-refractivity contribution is -0.137. The van der Waals surface area contributed by atoms with Crippen LogP contribution in [0.5, 0.6) is 0 Å². The van der Waals surface area contributed by atoms with E-state index < -0.39 is 52.9 Å². The van der Waals surface area contributed by atoms with Crippen molar-refractivity contribution in [2.75, 3.05) is 12.3 Å². The Morgan fingerprint density at radius 3 is 2.16 bits per heavy atom. The highest BCUT2D eigenvalue weighted by Crippen LogP contribution is 2.38. The van der Waals surface area contributed by atoms with E-state index in [1.54, 1.807) is 19.9 Å². The maximum Gasteiger partial charge on any atom is 0.418 e. The second-order valence-electron chi connectivity index (χ2n) is 7.31. The first-order valence-electron chi connectivity index (χ1n) is 9.49. The summed E-state index contributed by atoms with van der Waals surface area (Å²) in [6.07, 6.45) is -4.75. The van der Waals surface area contributed by atoms with Crippen LogP contribution in [0.4, 0.5) is 23.2 Å². The van der Waals surface area contributed by atoms with Gasteiger partial charge in [-0.25, -0.2) is 9.37 Å². The van der Waals surface area contributed by atoms with Gasteiger partial charge < -0.3 is 11.1 Å². The number of nitrogen functional groups attached to an aromatic ring is 1. The van der Waals surface area contributed by atoms with Crippen molar-refractivity contribution < 1.29 is 27.2 Å². The molecule has 3 rings (SSSR count). The van der Waals surface area contributed by atoms with E-state index in [2.05, 4.69) is 10.3 Å². The van der Waals surface area contributed by atoms with Gasteiger partial charge in [0.2, 0.25) is 0 Å². The molecule has 0 fully saturated rings. The number of carbonyl (C=O) groups excluding carboxylic acids is 2. The molecule has 0 unspecified atom stereocenters. The molecular weight excluding hydrogens is 426 g/mol. The molecule has 2 aromatic carbocycles. The van der Waals surface area contributed by atoms with Crippen molar-refractivity contribution in [2.45, 2.75) is 20.0 Å². The maximum absolute atomic E-state index is 13.7. The number of benzene rings is 2. The van der Waals surface area contributed by atoms with E-state index in [0.717, 1.165) is 23.3 Å². The van der Waals surface area contributed by atoms with E-state index in [0.29, 0.717) is 6.07 Å². The third kappa shape index (κ3) is 5.11. The van der Waals surface area contributed by atoms with Crippen LogP contribution in [0.15, 0.2) is 48.5 Å². The molecule has 0 saturated carbocycles. The number of nitrogens with two attached hydrogens (primary N) is 1. The SMILES string of the molecule is Cc1cc(C)cc(-c2nc(C(=O)NCC(=O)c3ccc(F)cc3)c(N)cc2C(F)(F)F)c1. The lowest BCUT2D eigenvalue weighted by atomic mass is 10.00. The van der Waals surface area contributed by atoms with Gasteiger partial charge in [-0.1, -0.05) is 17.2 Å². The fourth-order valence-electron chi connectivity index (χ4n) is 3.24. The van der Waals surface area contributed by atoms with Gasteiger partial charge in [-0.2, -0.15) is 13.2 Å². The summed E-state index contributed by atoms with van der Waals surface area (Å²) in [6.45, 7) is 3.00. The highest BCUT2D eigenvalue weighted by atomic mass is 19.4. The summed E-state index contributed by atoms with van der Waals surface area (Å²) >= 11 is 0. The van der Waals surface area contributed by atoms with Crippen molar-refractivity contribution in [3.05, 3.63) is 82.3 Å². The smallest absolute Gasteiger partial charge is 0.397 e. The number of hydrogen-bond donors (Lipinski definition) is 2. The molecule has 5 nitrogen and oxygen atoms in total. The first kappa shape index (κ1) is 22.9. The molecule has 1 amide bonds. The van der Waals surface area contributed by atoms with Crippen LogP contribution in [0.1, 0.15) is 37.5 Å². The Bertz CT molecular complexity index is 1170. The normalized spacial score (nSPS) is 11.3. The molecule has 0 atom stereocenters. The van der Waals surface area contributed by atoms with Crippen LogP contribution >= 0.6 is 0 Å². The Morgan fingerprint density at radius 1 is 1.00 bits per heavy atom.